The van der Waals surface area contributed by atoms with Crippen LogP contribution in [0, 0.1) is 23.5 Å². The summed E-state index contributed by atoms with van der Waals surface area (Å²) in [4.78, 5) is 20.4. The summed E-state index contributed by atoms with van der Waals surface area (Å²) in [6.45, 7) is 0.0323. The van der Waals surface area contributed by atoms with Crippen LogP contribution in [0.2, 0.25) is 0 Å². The van der Waals surface area contributed by atoms with Crippen LogP contribution in [0.25, 0.3) is 0 Å². The molecule has 1 atom stereocenters. The quantitative estimate of drug-likeness (QED) is 0.293. The van der Waals surface area contributed by atoms with E-state index in [0.29, 0.717) is 23.2 Å². The summed E-state index contributed by atoms with van der Waals surface area (Å²) in [6.07, 6.45) is 7.48. The molecule has 40 heavy (non-hydrogen) atoms. The summed E-state index contributed by atoms with van der Waals surface area (Å²) >= 11 is 0. The molecule has 0 bridgehead atoms. The molecule has 0 saturated heterocycles. The second kappa shape index (κ2) is 11.7. The van der Waals surface area contributed by atoms with Gasteiger partial charge < -0.3 is 10.4 Å². The van der Waals surface area contributed by atoms with E-state index >= 15 is 0 Å². The number of carbonyl (C=O) groups is 1. The molecule has 0 radical (unpaired) electrons. The van der Waals surface area contributed by atoms with Crippen molar-refractivity contribution in [2.45, 2.75) is 25.2 Å². The van der Waals surface area contributed by atoms with E-state index in [1.807, 2.05) is 18.2 Å². The zero-order valence-corrected chi connectivity index (χ0v) is 21.1. The van der Waals surface area contributed by atoms with Gasteiger partial charge in [-0.2, -0.15) is 10.2 Å². The lowest BCUT2D eigenvalue weighted by Crippen LogP contribution is -2.37. The number of hydrogen-bond acceptors (Lipinski definition) is 6. The van der Waals surface area contributed by atoms with Gasteiger partial charge >= 0.3 is 0 Å². The minimum absolute atomic E-state index is 0.100. The molecule has 200 valence electrons. The molecule has 1 unspecified atom stereocenters. The predicted octanol–water partition coefficient (Wildman–Crippen LogP) is 3.07. The third kappa shape index (κ3) is 6.43. The fourth-order valence-electron chi connectivity index (χ4n) is 4.08. The first-order valence-electron chi connectivity index (χ1n) is 12.2. The zero-order chi connectivity index (χ0) is 28.0. The lowest BCUT2D eigenvalue weighted by molar-refractivity contribution is -0.00847. The maximum absolute atomic E-state index is 14.7. The van der Waals surface area contributed by atoms with Crippen LogP contribution in [0.3, 0.4) is 0 Å². The number of benzene rings is 2. The highest BCUT2D eigenvalue weighted by atomic mass is 19.1. The van der Waals surface area contributed by atoms with Gasteiger partial charge in [0.25, 0.3) is 5.91 Å². The maximum Gasteiger partial charge on any atom is 0.251 e. The van der Waals surface area contributed by atoms with Crippen LogP contribution < -0.4 is 5.32 Å². The number of nitrogens with one attached hydrogen (secondary N) is 1. The van der Waals surface area contributed by atoms with E-state index in [0.717, 1.165) is 17.8 Å². The van der Waals surface area contributed by atoms with E-state index in [1.54, 1.807) is 36.7 Å². The van der Waals surface area contributed by atoms with Crippen molar-refractivity contribution in [2.24, 2.45) is 0 Å². The van der Waals surface area contributed by atoms with Gasteiger partial charge in [-0.15, -0.1) is 0 Å². The van der Waals surface area contributed by atoms with E-state index in [1.165, 1.54) is 34.3 Å². The Kier molecular flexibility index (Phi) is 7.70. The van der Waals surface area contributed by atoms with Crippen molar-refractivity contribution in [3.63, 3.8) is 0 Å². The second-order valence-corrected chi connectivity index (χ2v) is 9.01. The third-order valence-corrected chi connectivity index (χ3v) is 6.03. The fourth-order valence-corrected chi connectivity index (χ4v) is 4.08. The van der Waals surface area contributed by atoms with Gasteiger partial charge in [-0.05, 0) is 42.5 Å². The second-order valence-electron chi connectivity index (χ2n) is 9.01. The van der Waals surface area contributed by atoms with Gasteiger partial charge in [-0.25, -0.2) is 18.4 Å². The first kappa shape index (κ1) is 26.4. The Labute approximate surface area is 228 Å². The lowest BCUT2D eigenvalue weighted by Gasteiger charge is -2.28. The van der Waals surface area contributed by atoms with E-state index < -0.39 is 17.2 Å². The van der Waals surface area contributed by atoms with Gasteiger partial charge in [0.1, 0.15) is 29.9 Å². The third-order valence-electron chi connectivity index (χ3n) is 6.03. The average Bonchev–Trinajstić information content (AvgIpc) is 3.63. The molecule has 0 spiro atoms. The van der Waals surface area contributed by atoms with E-state index in [-0.39, 0.29) is 24.6 Å². The summed E-state index contributed by atoms with van der Waals surface area (Å²) in [5, 5.41) is 22.6. The Balaban J connectivity index is 1.27. The van der Waals surface area contributed by atoms with E-state index in [2.05, 4.69) is 37.3 Å². The molecule has 5 aromatic rings. The van der Waals surface area contributed by atoms with E-state index in [4.69, 9.17) is 0 Å². The first-order valence-corrected chi connectivity index (χ1v) is 12.2. The van der Waals surface area contributed by atoms with Crippen LogP contribution in [-0.4, -0.2) is 40.5 Å². The molecule has 0 fully saturated rings. The van der Waals surface area contributed by atoms with Crippen LogP contribution in [0.5, 0.6) is 0 Å². The minimum Gasteiger partial charge on any atom is -0.381 e. The number of carbonyl (C=O) groups excluding carboxylic acids is 1. The molecule has 5 rings (SSSR count). The molecule has 1 amide bonds. The SMILES string of the molecule is O=C(NCc1ccccn1)c1ccc(C#Cc2cnn(CC(O)(Cn3cncn3)c3ccc(F)cc3F)c2)cc1. The number of aromatic nitrogens is 6. The van der Waals surface area contributed by atoms with Crippen molar-refractivity contribution in [1.82, 2.24) is 34.8 Å². The van der Waals surface area contributed by atoms with Gasteiger partial charge in [-0.1, -0.05) is 24.0 Å². The van der Waals surface area contributed by atoms with Crippen LogP contribution in [0.1, 0.15) is 32.7 Å². The predicted molar refractivity (Wildman–Crippen MR) is 140 cm³/mol. The zero-order valence-electron chi connectivity index (χ0n) is 21.1. The van der Waals surface area contributed by atoms with Crippen molar-refractivity contribution in [3.8, 4) is 11.8 Å². The number of pyridine rings is 1. The average molecular weight is 540 g/mol. The summed E-state index contributed by atoms with van der Waals surface area (Å²) in [5.74, 6) is 4.15. The Morgan fingerprint density at radius 3 is 2.50 bits per heavy atom. The lowest BCUT2D eigenvalue weighted by atomic mass is 9.93. The van der Waals surface area contributed by atoms with Crippen LogP contribution in [0.15, 0.2) is 91.9 Å². The van der Waals surface area contributed by atoms with Gasteiger partial charge in [0.05, 0.1) is 37.1 Å². The van der Waals surface area contributed by atoms with E-state index in [9.17, 15) is 18.7 Å². The number of hydrogen-bond donors (Lipinski definition) is 2. The van der Waals surface area contributed by atoms with Crippen molar-refractivity contribution < 1.29 is 18.7 Å². The summed E-state index contributed by atoms with van der Waals surface area (Å²) in [5.41, 5.74) is 0.587. The normalized spacial score (nSPS) is 12.3. The van der Waals surface area contributed by atoms with Gasteiger partial charge in [-0.3, -0.25) is 14.5 Å². The molecule has 0 saturated carbocycles. The number of halogens is 2. The molecule has 11 heteroatoms. The fraction of sp³-hybridized carbons (Fsp3) is 0.138. The van der Waals surface area contributed by atoms with Crippen molar-refractivity contribution in [3.05, 3.63) is 131 Å². The molecule has 0 aliphatic carbocycles. The highest BCUT2D eigenvalue weighted by Crippen LogP contribution is 2.28. The topological polar surface area (TPSA) is 111 Å². The highest BCUT2D eigenvalue weighted by Gasteiger charge is 2.34. The highest BCUT2D eigenvalue weighted by molar-refractivity contribution is 5.94. The molecule has 3 heterocycles. The molecule has 3 aromatic heterocycles. The van der Waals surface area contributed by atoms with Crippen molar-refractivity contribution >= 4 is 5.91 Å². The first-order chi connectivity index (χ1) is 19.4. The largest absolute Gasteiger partial charge is 0.381 e. The molecule has 2 aromatic carbocycles. The molecule has 2 N–H and O–H groups in total. The molecule has 0 aliphatic heterocycles. The number of amides is 1. The number of nitrogens with zero attached hydrogens (tertiary/aromatic N) is 6. The number of aliphatic hydroxyl groups is 1. The molecular weight excluding hydrogens is 516 g/mol. The summed E-state index contributed by atoms with van der Waals surface area (Å²) < 4.78 is 31.0. The summed E-state index contributed by atoms with van der Waals surface area (Å²) in [6, 6.07) is 15.3. The van der Waals surface area contributed by atoms with Crippen LogP contribution in [-0.2, 0) is 25.2 Å². The van der Waals surface area contributed by atoms with Crippen molar-refractivity contribution in [1.29, 1.82) is 0 Å². The van der Waals surface area contributed by atoms with Gasteiger partial charge in [0.2, 0.25) is 0 Å². The Morgan fingerprint density at radius 2 is 1.77 bits per heavy atom. The van der Waals surface area contributed by atoms with Crippen LogP contribution >= 0.6 is 0 Å². The maximum atomic E-state index is 14.7. The Morgan fingerprint density at radius 1 is 0.975 bits per heavy atom. The van der Waals surface area contributed by atoms with Gasteiger partial charge in [0, 0.05) is 35.2 Å². The molecule has 0 aliphatic rings. The molecule has 9 nitrogen and oxygen atoms in total. The number of rotatable bonds is 8. The smallest absolute Gasteiger partial charge is 0.251 e. The standard InChI is InChI=1S/C29H23F2N7O2/c30-24-10-11-26(27(31)13-24)29(40,18-38-20-32-19-36-38)17-37-16-22(14-35-37)5-4-21-6-8-23(9-7-21)28(39)34-15-25-3-1-2-12-33-25/h1-3,6-14,16,19-20,40H,15,17-18H2,(H,34,39). The Bertz CT molecular complexity index is 1660. The summed E-state index contributed by atoms with van der Waals surface area (Å²) in [7, 11) is 0. The van der Waals surface area contributed by atoms with Crippen LogP contribution in [0.4, 0.5) is 8.78 Å². The molecular formula is C29H23F2N7O2. The van der Waals surface area contributed by atoms with Gasteiger partial charge in [0.15, 0.2) is 0 Å². The minimum atomic E-state index is -1.81. The monoisotopic (exact) mass is 539 g/mol. The van der Waals surface area contributed by atoms with Crippen molar-refractivity contribution in [2.75, 3.05) is 0 Å². The Hall–Kier alpha value is -5.21.